The van der Waals surface area contributed by atoms with Crippen LogP contribution in [0.25, 0.3) is 0 Å². The van der Waals surface area contributed by atoms with Crippen molar-refractivity contribution >= 4 is 27.5 Å². The second-order valence-electron chi connectivity index (χ2n) is 4.37. The molecule has 1 unspecified atom stereocenters. The Morgan fingerprint density at radius 1 is 1.47 bits per heavy atom. The van der Waals surface area contributed by atoms with E-state index >= 15 is 0 Å². The minimum atomic E-state index is 0.0493. The third-order valence-electron chi connectivity index (χ3n) is 3.03. The maximum Gasteiger partial charge on any atom is 0.130 e. The largest absolute Gasteiger partial charge is 0.333 e. The summed E-state index contributed by atoms with van der Waals surface area (Å²) in [5.74, 6) is 1.02. The van der Waals surface area contributed by atoms with Gasteiger partial charge in [-0.3, -0.25) is 0 Å². The van der Waals surface area contributed by atoms with Gasteiger partial charge < -0.3 is 9.88 Å². The van der Waals surface area contributed by atoms with Gasteiger partial charge in [-0.05, 0) is 31.2 Å². The Bertz CT molecular complexity index is 553. The van der Waals surface area contributed by atoms with Crippen LogP contribution in [0.1, 0.15) is 30.8 Å². The summed E-state index contributed by atoms with van der Waals surface area (Å²) in [6, 6.07) is 5.89. The average Bonchev–Trinajstić information content (AvgIpc) is 2.82. The molecule has 0 saturated carbocycles. The van der Waals surface area contributed by atoms with Crippen LogP contribution in [-0.2, 0) is 6.54 Å². The number of hydrogen-bond acceptors (Lipinski definition) is 2. The fourth-order valence-electron chi connectivity index (χ4n) is 2.17. The quantitative estimate of drug-likeness (QED) is 0.889. The van der Waals surface area contributed by atoms with Gasteiger partial charge in [-0.25, -0.2) is 4.98 Å². The van der Waals surface area contributed by atoms with Crippen LogP contribution in [-0.4, -0.2) is 16.6 Å². The second kappa shape index (κ2) is 6.55. The smallest absolute Gasteiger partial charge is 0.130 e. The summed E-state index contributed by atoms with van der Waals surface area (Å²) in [7, 11) is 1.94. The Labute approximate surface area is 127 Å². The molecule has 1 aromatic heterocycles. The molecule has 0 bridgehead atoms. The number of imidazole rings is 1. The maximum atomic E-state index is 6.00. The van der Waals surface area contributed by atoms with Crippen LogP contribution in [0, 0.1) is 0 Å². The molecule has 5 heteroatoms. The zero-order chi connectivity index (χ0) is 13.8. The highest BCUT2D eigenvalue weighted by atomic mass is 79.9. The monoisotopic (exact) mass is 341 g/mol. The number of nitrogens with one attached hydrogen (secondary N) is 1. The summed E-state index contributed by atoms with van der Waals surface area (Å²) in [6.45, 7) is 3.13. The first kappa shape index (κ1) is 14.6. The zero-order valence-corrected chi connectivity index (χ0v) is 13.4. The average molecular weight is 343 g/mol. The second-order valence-corrected chi connectivity index (χ2v) is 5.66. The van der Waals surface area contributed by atoms with Crippen LogP contribution in [0.3, 0.4) is 0 Å². The summed E-state index contributed by atoms with van der Waals surface area (Å²) in [5.41, 5.74) is 1.13. The van der Waals surface area contributed by atoms with Crippen molar-refractivity contribution in [2.75, 3.05) is 7.05 Å². The van der Waals surface area contributed by atoms with E-state index in [-0.39, 0.29) is 6.04 Å². The van der Waals surface area contributed by atoms with Crippen LogP contribution >= 0.6 is 27.5 Å². The Morgan fingerprint density at radius 2 is 2.26 bits per heavy atom. The predicted molar refractivity (Wildman–Crippen MR) is 82.6 cm³/mol. The van der Waals surface area contributed by atoms with E-state index in [2.05, 4.69) is 37.7 Å². The summed E-state index contributed by atoms with van der Waals surface area (Å²) in [4.78, 5) is 4.49. The Kier molecular flexibility index (Phi) is 5.02. The summed E-state index contributed by atoms with van der Waals surface area (Å²) in [6.07, 6.45) is 4.95. The molecule has 2 rings (SSSR count). The van der Waals surface area contributed by atoms with Crippen LogP contribution in [0.15, 0.2) is 35.1 Å². The molecule has 0 spiro atoms. The molecule has 0 radical (unpaired) electrons. The van der Waals surface area contributed by atoms with Gasteiger partial charge in [-0.15, -0.1) is 0 Å². The van der Waals surface area contributed by atoms with E-state index in [1.54, 1.807) is 0 Å². The Morgan fingerprint density at radius 3 is 2.89 bits per heavy atom. The van der Waals surface area contributed by atoms with Crippen molar-refractivity contribution in [2.45, 2.75) is 25.9 Å². The number of rotatable bonds is 5. The molecule has 1 aromatic carbocycles. The van der Waals surface area contributed by atoms with E-state index in [0.717, 1.165) is 33.8 Å². The molecule has 0 saturated heterocycles. The third-order valence-corrected chi connectivity index (χ3v) is 3.95. The highest BCUT2D eigenvalue weighted by Crippen LogP contribution is 2.30. The molecule has 1 heterocycles. The fraction of sp³-hybridized carbons (Fsp3) is 0.357. The molecule has 1 atom stereocenters. The van der Waals surface area contributed by atoms with E-state index in [9.17, 15) is 0 Å². The van der Waals surface area contributed by atoms with Crippen LogP contribution in [0.2, 0.25) is 5.02 Å². The molecule has 0 fully saturated rings. The molecular formula is C14H17BrClN3. The molecule has 0 amide bonds. The fourth-order valence-corrected chi connectivity index (χ4v) is 3.08. The van der Waals surface area contributed by atoms with E-state index < -0.39 is 0 Å². The van der Waals surface area contributed by atoms with Gasteiger partial charge in [0.1, 0.15) is 5.82 Å². The SMILES string of the molecule is CCCn1ccnc1C(NC)c1ccc(Cl)cc1Br. The van der Waals surface area contributed by atoms with Gasteiger partial charge in [0.2, 0.25) is 0 Å². The Hall–Kier alpha value is -0.840. The molecule has 0 aliphatic heterocycles. The van der Waals surface area contributed by atoms with Gasteiger partial charge in [0.25, 0.3) is 0 Å². The number of halogens is 2. The summed E-state index contributed by atoms with van der Waals surface area (Å²) >= 11 is 9.58. The van der Waals surface area contributed by atoms with Crippen LogP contribution in [0.5, 0.6) is 0 Å². The summed E-state index contributed by atoms with van der Waals surface area (Å²) < 4.78 is 3.17. The first-order chi connectivity index (χ1) is 9.17. The first-order valence-electron chi connectivity index (χ1n) is 6.30. The molecule has 0 aliphatic rings. The predicted octanol–water partition coefficient (Wildman–Crippen LogP) is 4.02. The lowest BCUT2D eigenvalue weighted by atomic mass is 10.1. The number of hydrogen-bond donors (Lipinski definition) is 1. The highest BCUT2D eigenvalue weighted by molar-refractivity contribution is 9.10. The summed E-state index contributed by atoms with van der Waals surface area (Å²) in [5, 5.41) is 4.05. The molecular weight excluding hydrogens is 326 g/mol. The first-order valence-corrected chi connectivity index (χ1v) is 7.47. The molecule has 2 aromatic rings. The molecule has 3 nitrogen and oxygen atoms in total. The number of aryl methyl sites for hydroxylation is 1. The van der Waals surface area contributed by atoms with Gasteiger partial charge in [0.15, 0.2) is 0 Å². The van der Waals surface area contributed by atoms with Crippen molar-refractivity contribution in [3.63, 3.8) is 0 Å². The lowest BCUT2D eigenvalue weighted by Gasteiger charge is -2.19. The van der Waals surface area contributed by atoms with Crippen molar-refractivity contribution in [3.05, 3.63) is 51.5 Å². The number of benzene rings is 1. The highest BCUT2D eigenvalue weighted by Gasteiger charge is 2.19. The van der Waals surface area contributed by atoms with Gasteiger partial charge in [-0.2, -0.15) is 0 Å². The third kappa shape index (κ3) is 3.19. The van der Waals surface area contributed by atoms with E-state index in [4.69, 9.17) is 11.6 Å². The topological polar surface area (TPSA) is 29.9 Å². The standard InChI is InChI=1S/C14H17BrClN3/c1-3-7-19-8-6-18-14(19)13(17-2)11-5-4-10(16)9-12(11)15/h4-6,8-9,13,17H,3,7H2,1-2H3. The van der Waals surface area contributed by atoms with Gasteiger partial charge in [-0.1, -0.05) is 40.5 Å². The minimum absolute atomic E-state index is 0.0493. The van der Waals surface area contributed by atoms with Crippen molar-refractivity contribution in [1.29, 1.82) is 0 Å². The number of nitrogens with zero attached hydrogens (tertiary/aromatic N) is 2. The molecule has 102 valence electrons. The van der Waals surface area contributed by atoms with Crippen molar-refractivity contribution < 1.29 is 0 Å². The molecule has 1 N–H and O–H groups in total. The lowest BCUT2D eigenvalue weighted by Crippen LogP contribution is -2.22. The lowest BCUT2D eigenvalue weighted by molar-refractivity contribution is 0.567. The van der Waals surface area contributed by atoms with Crippen molar-refractivity contribution in [2.24, 2.45) is 0 Å². The normalized spacial score (nSPS) is 12.6. The van der Waals surface area contributed by atoms with E-state index in [0.29, 0.717) is 0 Å². The van der Waals surface area contributed by atoms with Gasteiger partial charge >= 0.3 is 0 Å². The minimum Gasteiger partial charge on any atom is -0.333 e. The maximum absolute atomic E-state index is 6.00. The van der Waals surface area contributed by atoms with Gasteiger partial charge in [0, 0.05) is 28.4 Å². The van der Waals surface area contributed by atoms with Crippen molar-refractivity contribution in [1.82, 2.24) is 14.9 Å². The van der Waals surface area contributed by atoms with E-state index in [1.807, 2.05) is 37.6 Å². The van der Waals surface area contributed by atoms with Crippen LogP contribution < -0.4 is 5.32 Å². The van der Waals surface area contributed by atoms with E-state index in [1.165, 1.54) is 0 Å². The zero-order valence-electron chi connectivity index (χ0n) is 11.0. The van der Waals surface area contributed by atoms with Crippen LogP contribution in [0.4, 0.5) is 0 Å². The molecule has 0 aliphatic carbocycles. The molecule has 19 heavy (non-hydrogen) atoms. The number of aromatic nitrogens is 2. The Balaban J connectivity index is 2.41. The van der Waals surface area contributed by atoms with Crippen molar-refractivity contribution in [3.8, 4) is 0 Å². The van der Waals surface area contributed by atoms with Gasteiger partial charge in [0.05, 0.1) is 6.04 Å².